The molecule has 2 nitrogen and oxygen atoms in total. The Morgan fingerprint density at radius 1 is 0.958 bits per heavy atom. The Labute approximate surface area is 150 Å². The summed E-state index contributed by atoms with van der Waals surface area (Å²) in [7, 11) is 2.49. The molecule has 2 aromatic rings. The minimum atomic E-state index is 0.661. The molecule has 1 fully saturated rings. The number of fused-ring (bicyclic) bond motifs is 1. The number of para-hydroxylation sites is 1. The molecule has 0 amide bonds. The number of benzene rings is 2. The molecule has 3 heteroatoms. The van der Waals surface area contributed by atoms with Crippen LogP contribution in [0.25, 0.3) is 0 Å². The maximum absolute atomic E-state index is 2.55. The summed E-state index contributed by atoms with van der Waals surface area (Å²) in [5, 5.41) is 0. The van der Waals surface area contributed by atoms with Crippen LogP contribution in [-0.2, 0) is 0 Å². The van der Waals surface area contributed by atoms with Crippen LogP contribution in [0.1, 0.15) is 24.4 Å². The lowest BCUT2D eigenvalue weighted by Crippen LogP contribution is -2.58. The standard InChI is InChI=1S/C21H27N2S/c1-23(15-13-22(14-16-23)18-8-3-2-4-9-18)20-11-7-17-24-21-12-6-5-10-19(20)21/h2-6,8-10,12,20H,7,11,13-17H2,1H3/q+1/t20-/m0/s1. The third-order valence-corrected chi connectivity index (χ3v) is 6.97. The largest absolute Gasteiger partial charge is 0.360 e. The highest BCUT2D eigenvalue weighted by atomic mass is 32.2. The molecule has 0 bridgehead atoms. The van der Waals surface area contributed by atoms with E-state index in [1.54, 1.807) is 5.56 Å². The molecule has 2 heterocycles. The van der Waals surface area contributed by atoms with Gasteiger partial charge in [-0.3, -0.25) is 0 Å². The number of quaternary nitrogens is 1. The Morgan fingerprint density at radius 3 is 2.46 bits per heavy atom. The van der Waals surface area contributed by atoms with Gasteiger partial charge in [-0.2, -0.15) is 0 Å². The summed E-state index contributed by atoms with van der Waals surface area (Å²) >= 11 is 2.05. The van der Waals surface area contributed by atoms with E-state index in [0.717, 1.165) is 13.1 Å². The molecule has 4 rings (SSSR count). The van der Waals surface area contributed by atoms with Crippen LogP contribution in [0.5, 0.6) is 0 Å². The van der Waals surface area contributed by atoms with Crippen molar-refractivity contribution in [3.63, 3.8) is 0 Å². The summed E-state index contributed by atoms with van der Waals surface area (Å²) in [6.45, 7) is 4.79. The molecule has 2 aliphatic heterocycles. The van der Waals surface area contributed by atoms with Crippen LogP contribution < -0.4 is 4.90 Å². The van der Waals surface area contributed by atoms with Gasteiger partial charge in [0, 0.05) is 22.6 Å². The fourth-order valence-electron chi connectivity index (χ4n) is 4.28. The van der Waals surface area contributed by atoms with Gasteiger partial charge in [0.1, 0.15) is 6.04 Å². The van der Waals surface area contributed by atoms with Crippen LogP contribution in [0.4, 0.5) is 5.69 Å². The van der Waals surface area contributed by atoms with Gasteiger partial charge >= 0.3 is 0 Å². The van der Waals surface area contributed by atoms with Crippen molar-refractivity contribution in [1.82, 2.24) is 0 Å². The summed E-state index contributed by atoms with van der Waals surface area (Å²) in [6, 6.07) is 20.7. The van der Waals surface area contributed by atoms with E-state index in [-0.39, 0.29) is 0 Å². The van der Waals surface area contributed by atoms with Crippen LogP contribution in [0.15, 0.2) is 59.5 Å². The molecule has 126 valence electrons. The highest BCUT2D eigenvalue weighted by Crippen LogP contribution is 2.41. The van der Waals surface area contributed by atoms with Gasteiger partial charge in [-0.1, -0.05) is 36.4 Å². The van der Waals surface area contributed by atoms with E-state index < -0.39 is 0 Å². The molecular formula is C21H27N2S+. The van der Waals surface area contributed by atoms with Crippen molar-refractivity contribution < 1.29 is 4.48 Å². The molecule has 0 aromatic heterocycles. The Kier molecular flexibility index (Phi) is 4.55. The van der Waals surface area contributed by atoms with Crippen molar-refractivity contribution in [2.24, 2.45) is 0 Å². The number of likely N-dealkylation sites (N-methyl/N-ethyl adjacent to an activating group) is 1. The lowest BCUT2D eigenvalue weighted by atomic mass is 9.97. The lowest BCUT2D eigenvalue weighted by Gasteiger charge is -2.47. The van der Waals surface area contributed by atoms with E-state index in [1.165, 1.54) is 46.7 Å². The van der Waals surface area contributed by atoms with Crippen molar-refractivity contribution in [2.75, 3.05) is 43.9 Å². The Bertz CT molecular complexity index is 677. The predicted octanol–water partition coefficient (Wildman–Crippen LogP) is 4.58. The maximum Gasteiger partial charge on any atom is 0.116 e. The van der Waals surface area contributed by atoms with E-state index in [2.05, 4.69) is 78.3 Å². The van der Waals surface area contributed by atoms with E-state index >= 15 is 0 Å². The van der Waals surface area contributed by atoms with Gasteiger partial charge in [-0.15, -0.1) is 11.8 Å². The van der Waals surface area contributed by atoms with E-state index in [0.29, 0.717) is 6.04 Å². The van der Waals surface area contributed by atoms with Crippen LogP contribution >= 0.6 is 11.8 Å². The second-order valence-corrected chi connectivity index (χ2v) is 8.43. The first kappa shape index (κ1) is 16.0. The zero-order valence-corrected chi connectivity index (χ0v) is 15.3. The molecule has 0 saturated carbocycles. The van der Waals surface area contributed by atoms with Crippen molar-refractivity contribution in [3.05, 3.63) is 60.2 Å². The third-order valence-electron chi connectivity index (χ3n) is 5.79. The average molecular weight is 340 g/mol. The Balaban J connectivity index is 1.55. The second-order valence-electron chi connectivity index (χ2n) is 7.29. The van der Waals surface area contributed by atoms with Gasteiger partial charge in [0.25, 0.3) is 0 Å². The van der Waals surface area contributed by atoms with E-state index in [1.807, 2.05) is 0 Å². The number of hydrogen-bond donors (Lipinski definition) is 0. The summed E-state index contributed by atoms with van der Waals surface area (Å²) in [4.78, 5) is 4.07. The van der Waals surface area contributed by atoms with Gasteiger partial charge in [0.15, 0.2) is 0 Å². The van der Waals surface area contributed by atoms with Crippen molar-refractivity contribution in [1.29, 1.82) is 0 Å². The minimum absolute atomic E-state index is 0.661. The van der Waals surface area contributed by atoms with Crippen molar-refractivity contribution in [2.45, 2.75) is 23.8 Å². The summed E-state index contributed by atoms with van der Waals surface area (Å²) < 4.78 is 1.20. The molecule has 2 aromatic carbocycles. The number of piperazine rings is 1. The fraction of sp³-hybridized carbons (Fsp3) is 0.429. The van der Waals surface area contributed by atoms with Gasteiger partial charge in [0.2, 0.25) is 0 Å². The minimum Gasteiger partial charge on any atom is -0.360 e. The van der Waals surface area contributed by atoms with Gasteiger partial charge in [-0.05, 0) is 30.4 Å². The van der Waals surface area contributed by atoms with Gasteiger partial charge in [0.05, 0.1) is 33.2 Å². The quantitative estimate of drug-likeness (QED) is 0.737. The average Bonchev–Trinajstić information content (AvgIpc) is 2.86. The SMILES string of the molecule is C[N+]1([C@H]2CCCSc3ccccc32)CCN(c2ccccc2)CC1. The smallest absolute Gasteiger partial charge is 0.116 e. The molecule has 1 saturated heterocycles. The number of anilines is 1. The van der Waals surface area contributed by atoms with Crippen LogP contribution in [0.3, 0.4) is 0 Å². The third kappa shape index (κ3) is 3.07. The molecule has 0 unspecified atom stereocenters. The monoisotopic (exact) mass is 339 g/mol. The van der Waals surface area contributed by atoms with Crippen LogP contribution in [0.2, 0.25) is 0 Å². The maximum atomic E-state index is 2.55. The zero-order chi connectivity index (χ0) is 16.4. The highest BCUT2D eigenvalue weighted by molar-refractivity contribution is 7.99. The van der Waals surface area contributed by atoms with Crippen LogP contribution in [0, 0.1) is 0 Å². The second kappa shape index (κ2) is 6.81. The molecule has 0 N–H and O–H groups in total. The first-order valence-corrected chi connectivity index (χ1v) is 10.1. The predicted molar refractivity (Wildman–Crippen MR) is 104 cm³/mol. The first-order valence-electron chi connectivity index (χ1n) is 9.12. The summed E-state index contributed by atoms with van der Waals surface area (Å²) in [5.74, 6) is 1.27. The molecule has 0 spiro atoms. The lowest BCUT2D eigenvalue weighted by molar-refractivity contribution is -0.940. The molecule has 0 radical (unpaired) electrons. The highest BCUT2D eigenvalue weighted by Gasteiger charge is 2.38. The van der Waals surface area contributed by atoms with Gasteiger partial charge < -0.3 is 9.38 Å². The fourth-order valence-corrected chi connectivity index (χ4v) is 5.36. The Morgan fingerprint density at radius 2 is 1.67 bits per heavy atom. The van der Waals surface area contributed by atoms with Gasteiger partial charge in [-0.25, -0.2) is 0 Å². The number of nitrogens with zero attached hydrogens (tertiary/aromatic N) is 2. The molecule has 24 heavy (non-hydrogen) atoms. The number of rotatable bonds is 2. The number of hydrogen-bond acceptors (Lipinski definition) is 2. The first-order chi connectivity index (χ1) is 11.8. The summed E-state index contributed by atoms with van der Waals surface area (Å²) in [6.07, 6.45) is 2.66. The Hall–Kier alpha value is -1.45. The molecule has 1 atom stereocenters. The normalized spacial score (nSPS) is 23.4. The summed E-state index contributed by atoms with van der Waals surface area (Å²) in [5.41, 5.74) is 2.97. The van der Waals surface area contributed by atoms with Crippen molar-refractivity contribution in [3.8, 4) is 0 Å². The molecular weight excluding hydrogens is 312 g/mol. The topological polar surface area (TPSA) is 3.24 Å². The zero-order valence-electron chi connectivity index (χ0n) is 14.5. The molecule has 2 aliphatic rings. The van der Waals surface area contributed by atoms with E-state index in [9.17, 15) is 0 Å². The van der Waals surface area contributed by atoms with E-state index in [4.69, 9.17) is 0 Å². The molecule has 0 aliphatic carbocycles. The van der Waals surface area contributed by atoms with Crippen LogP contribution in [-0.4, -0.2) is 43.5 Å². The number of thioether (sulfide) groups is 1. The van der Waals surface area contributed by atoms with Crippen molar-refractivity contribution >= 4 is 17.4 Å².